The van der Waals surface area contributed by atoms with Gasteiger partial charge in [-0.15, -0.1) is 0 Å². The molecule has 0 saturated heterocycles. The average molecular weight is 191 g/mol. The van der Waals surface area contributed by atoms with Crippen molar-refractivity contribution in [2.24, 2.45) is 7.05 Å². The van der Waals surface area contributed by atoms with Gasteiger partial charge in [0.25, 0.3) is 5.56 Å². The van der Waals surface area contributed by atoms with Crippen LogP contribution < -0.4 is 10.9 Å². The standard InChI is InChI=1S/C10H13N3O/c1-13-7-6-11-9(10(13)14)12-8-4-2-3-5-8/h2-3,6-8H,4-5H2,1H3,(H,11,12). The zero-order chi connectivity index (χ0) is 9.97. The molecule has 4 heteroatoms. The quantitative estimate of drug-likeness (QED) is 0.707. The van der Waals surface area contributed by atoms with E-state index in [2.05, 4.69) is 22.5 Å². The van der Waals surface area contributed by atoms with Crippen molar-refractivity contribution in [1.82, 2.24) is 9.55 Å². The molecule has 1 aromatic heterocycles. The third kappa shape index (κ3) is 1.69. The molecular weight excluding hydrogens is 178 g/mol. The normalized spacial score (nSPS) is 16.1. The van der Waals surface area contributed by atoms with Gasteiger partial charge in [0.1, 0.15) is 0 Å². The van der Waals surface area contributed by atoms with Crippen LogP contribution in [0.4, 0.5) is 5.82 Å². The number of nitrogens with one attached hydrogen (secondary N) is 1. The van der Waals surface area contributed by atoms with E-state index in [9.17, 15) is 4.79 Å². The van der Waals surface area contributed by atoms with Crippen LogP contribution in [0.15, 0.2) is 29.3 Å². The number of anilines is 1. The van der Waals surface area contributed by atoms with Gasteiger partial charge in [-0.25, -0.2) is 4.98 Å². The Bertz CT molecular complexity index is 400. The molecule has 1 N–H and O–H groups in total. The van der Waals surface area contributed by atoms with Crippen LogP contribution in [0, 0.1) is 0 Å². The van der Waals surface area contributed by atoms with E-state index in [0.717, 1.165) is 12.8 Å². The van der Waals surface area contributed by atoms with Gasteiger partial charge in [0.2, 0.25) is 0 Å². The first kappa shape index (κ1) is 8.99. The monoisotopic (exact) mass is 191 g/mol. The lowest BCUT2D eigenvalue weighted by Gasteiger charge is -2.11. The molecule has 0 aliphatic heterocycles. The molecule has 4 nitrogen and oxygen atoms in total. The van der Waals surface area contributed by atoms with Gasteiger partial charge in [-0.2, -0.15) is 0 Å². The van der Waals surface area contributed by atoms with E-state index >= 15 is 0 Å². The molecule has 1 heterocycles. The highest BCUT2D eigenvalue weighted by Crippen LogP contribution is 2.12. The Balaban J connectivity index is 2.16. The molecule has 2 rings (SSSR count). The van der Waals surface area contributed by atoms with Crippen LogP contribution in [0.1, 0.15) is 12.8 Å². The molecule has 74 valence electrons. The number of rotatable bonds is 2. The summed E-state index contributed by atoms with van der Waals surface area (Å²) in [5, 5.41) is 3.14. The fraction of sp³-hybridized carbons (Fsp3) is 0.400. The van der Waals surface area contributed by atoms with Crippen molar-refractivity contribution in [3.8, 4) is 0 Å². The molecule has 1 aromatic rings. The lowest BCUT2D eigenvalue weighted by molar-refractivity contribution is 0.763. The second-order valence-electron chi connectivity index (χ2n) is 3.48. The summed E-state index contributed by atoms with van der Waals surface area (Å²) in [5.41, 5.74) is -0.0700. The summed E-state index contributed by atoms with van der Waals surface area (Å²) in [6.07, 6.45) is 9.46. The second-order valence-corrected chi connectivity index (χ2v) is 3.48. The van der Waals surface area contributed by atoms with Crippen molar-refractivity contribution in [3.63, 3.8) is 0 Å². The van der Waals surface area contributed by atoms with Crippen LogP contribution >= 0.6 is 0 Å². The molecule has 0 radical (unpaired) electrons. The predicted octanol–water partition coefficient (Wildman–Crippen LogP) is 0.911. The van der Waals surface area contributed by atoms with E-state index in [4.69, 9.17) is 0 Å². The summed E-state index contributed by atoms with van der Waals surface area (Å²) in [6.45, 7) is 0. The molecule has 0 saturated carbocycles. The van der Waals surface area contributed by atoms with Crippen molar-refractivity contribution < 1.29 is 0 Å². The molecule has 14 heavy (non-hydrogen) atoms. The maximum atomic E-state index is 11.6. The summed E-state index contributed by atoms with van der Waals surface area (Å²) in [6, 6.07) is 0.331. The highest BCUT2D eigenvalue weighted by molar-refractivity contribution is 5.33. The highest BCUT2D eigenvalue weighted by Gasteiger charge is 2.12. The molecule has 0 amide bonds. The van der Waals surface area contributed by atoms with Gasteiger partial charge in [-0.05, 0) is 12.8 Å². The Labute approximate surface area is 82.3 Å². The SMILES string of the molecule is Cn1ccnc(NC2CC=CC2)c1=O. The molecule has 1 aliphatic rings. The minimum atomic E-state index is -0.0700. The maximum absolute atomic E-state index is 11.6. The predicted molar refractivity (Wildman–Crippen MR) is 55.3 cm³/mol. The molecule has 0 atom stereocenters. The Morgan fingerprint density at radius 3 is 2.93 bits per heavy atom. The maximum Gasteiger partial charge on any atom is 0.293 e. The van der Waals surface area contributed by atoms with E-state index < -0.39 is 0 Å². The van der Waals surface area contributed by atoms with Gasteiger partial charge in [-0.1, -0.05) is 12.2 Å². The fourth-order valence-electron chi connectivity index (χ4n) is 1.53. The Morgan fingerprint density at radius 1 is 1.50 bits per heavy atom. The largest absolute Gasteiger partial charge is 0.362 e. The van der Waals surface area contributed by atoms with Crippen LogP contribution in [0.3, 0.4) is 0 Å². The highest BCUT2D eigenvalue weighted by atomic mass is 16.1. The Morgan fingerprint density at radius 2 is 2.21 bits per heavy atom. The third-order valence-corrected chi connectivity index (χ3v) is 2.37. The zero-order valence-corrected chi connectivity index (χ0v) is 8.10. The van der Waals surface area contributed by atoms with Gasteiger partial charge in [0.05, 0.1) is 0 Å². The summed E-state index contributed by atoms with van der Waals surface area (Å²) in [4.78, 5) is 15.6. The smallest absolute Gasteiger partial charge is 0.293 e. The van der Waals surface area contributed by atoms with Crippen molar-refractivity contribution in [1.29, 1.82) is 0 Å². The van der Waals surface area contributed by atoms with E-state index in [-0.39, 0.29) is 5.56 Å². The fourth-order valence-corrected chi connectivity index (χ4v) is 1.53. The topological polar surface area (TPSA) is 46.9 Å². The number of aryl methyl sites for hydroxylation is 1. The average Bonchev–Trinajstić information content (AvgIpc) is 2.66. The van der Waals surface area contributed by atoms with E-state index in [0.29, 0.717) is 11.9 Å². The van der Waals surface area contributed by atoms with Gasteiger partial charge in [0, 0.05) is 25.5 Å². The Hall–Kier alpha value is -1.58. The molecular formula is C10H13N3O. The third-order valence-electron chi connectivity index (χ3n) is 2.37. The summed E-state index contributed by atoms with van der Waals surface area (Å²) < 4.78 is 1.53. The molecule has 0 unspecified atom stereocenters. The van der Waals surface area contributed by atoms with Crippen molar-refractivity contribution in [3.05, 3.63) is 34.9 Å². The van der Waals surface area contributed by atoms with Crippen LogP contribution in [0.25, 0.3) is 0 Å². The van der Waals surface area contributed by atoms with Crippen LogP contribution in [-0.2, 0) is 7.05 Å². The van der Waals surface area contributed by atoms with E-state index in [1.807, 2.05) is 0 Å². The first-order chi connectivity index (χ1) is 6.77. The molecule has 0 bridgehead atoms. The molecule has 1 aliphatic carbocycles. The van der Waals surface area contributed by atoms with Crippen LogP contribution in [-0.4, -0.2) is 15.6 Å². The summed E-state index contributed by atoms with van der Waals surface area (Å²) in [7, 11) is 1.72. The minimum Gasteiger partial charge on any atom is -0.362 e. The number of hydrogen-bond acceptors (Lipinski definition) is 3. The Kier molecular flexibility index (Phi) is 2.35. The van der Waals surface area contributed by atoms with E-state index in [1.54, 1.807) is 19.4 Å². The first-order valence-electron chi connectivity index (χ1n) is 4.70. The van der Waals surface area contributed by atoms with Crippen LogP contribution in [0.2, 0.25) is 0 Å². The number of hydrogen-bond donors (Lipinski definition) is 1. The first-order valence-corrected chi connectivity index (χ1v) is 4.70. The summed E-state index contributed by atoms with van der Waals surface area (Å²) in [5.74, 6) is 0.448. The molecule has 0 spiro atoms. The lowest BCUT2D eigenvalue weighted by Crippen LogP contribution is -2.26. The van der Waals surface area contributed by atoms with Crippen molar-refractivity contribution >= 4 is 5.82 Å². The minimum absolute atomic E-state index is 0.0700. The zero-order valence-electron chi connectivity index (χ0n) is 8.10. The lowest BCUT2D eigenvalue weighted by atomic mass is 10.2. The van der Waals surface area contributed by atoms with Gasteiger partial charge < -0.3 is 9.88 Å². The number of aromatic nitrogens is 2. The molecule has 0 aromatic carbocycles. The van der Waals surface area contributed by atoms with Gasteiger partial charge in [0.15, 0.2) is 5.82 Å². The van der Waals surface area contributed by atoms with Gasteiger partial charge in [-0.3, -0.25) is 4.79 Å². The van der Waals surface area contributed by atoms with Crippen molar-refractivity contribution in [2.75, 3.05) is 5.32 Å². The van der Waals surface area contributed by atoms with Crippen molar-refractivity contribution in [2.45, 2.75) is 18.9 Å². The summed E-state index contributed by atoms with van der Waals surface area (Å²) >= 11 is 0. The van der Waals surface area contributed by atoms with E-state index in [1.165, 1.54) is 4.57 Å². The number of nitrogens with zero attached hydrogens (tertiary/aromatic N) is 2. The molecule has 0 fully saturated rings. The van der Waals surface area contributed by atoms with Gasteiger partial charge >= 0.3 is 0 Å². The second kappa shape index (κ2) is 3.65. The van der Waals surface area contributed by atoms with Crippen LogP contribution in [0.5, 0.6) is 0 Å².